The van der Waals surface area contributed by atoms with E-state index in [1.807, 2.05) is 20.8 Å². The Morgan fingerprint density at radius 3 is 2.35 bits per heavy atom. The number of likely N-dealkylation sites (N-methyl/N-ethyl adjacent to an activating group) is 1. The highest BCUT2D eigenvalue weighted by Gasteiger charge is 2.25. The first kappa shape index (κ1) is 20.4. The fourth-order valence-corrected chi connectivity index (χ4v) is 4.40. The van der Waals surface area contributed by atoms with Gasteiger partial charge in [0, 0.05) is 10.4 Å². The summed E-state index contributed by atoms with van der Waals surface area (Å²) in [6.07, 6.45) is 3.86. The van der Waals surface area contributed by atoms with E-state index in [-0.39, 0.29) is 30.4 Å². The molecule has 0 radical (unpaired) electrons. The van der Waals surface area contributed by atoms with Crippen molar-refractivity contribution in [2.45, 2.75) is 52.0 Å². The first-order valence-electron chi connectivity index (χ1n) is 8.80. The molecule has 144 valence electrons. The van der Waals surface area contributed by atoms with E-state index in [2.05, 4.69) is 10.6 Å². The topological polar surface area (TPSA) is 105 Å². The van der Waals surface area contributed by atoms with Gasteiger partial charge in [-0.15, -0.1) is 11.3 Å². The van der Waals surface area contributed by atoms with Crippen molar-refractivity contribution in [3.8, 4) is 0 Å². The monoisotopic (exact) mass is 380 g/mol. The molecule has 1 aromatic rings. The molecule has 7 nitrogen and oxygen atoms in total. The molecule has 26 heavy (non-hydrogen) atoms. The highest BCUT2D eigenvalue weighted by molar-refractivity contribution is 7.17. The third-order valence-corrected chi connectivity index (χ3v) is 5.22. The van der Waals surface area contributed by atoms with Crippen LogP contribution >= 0.6 is 11.3 Å². The number of aryl methyl sites for hydroxylation is 1. The molecule has 0 saturated heterocycles. The average Bonchev–Trinajstić information content (AvgIpc) is 2.81. The number of primary amides is 1. The number of hydrogen-bond acceptors (Lipinski definition) is 5. The molecule has 4 N–H and O–H groups in total. The number of nitrogens with zero attached hydrogens (tertiary/aromatic N) is 1. The molecule has 1 heterocycles. The molecule has 3 amide bonds. The normalized spacial score (nSPS) is 14.0. The number of carbonyl (C=O) groups excluding carboxylic acids is 3. The standard InChI is InChI=1S/C18H28N4O3S/c1-18(2,3)21-14(24)10-22(4)9-13(23)20-17-15(16(19)25)11-7-5-6-8-12(11)26-17/h5-10H2,1-4H3,(H2,19,25)(H,20,23)(H,21,24). The van der Waals surface area contributed by atoms with Crippen LogP contribution in [0.25, 0.3) is 0 Å². The van der Waals surface area contributed by atoms with Crippen molar-refractivity contribution in [1.29, 1.82) is 0 Å². The zero-order valence-electron chi connectivity index (χ0n) is 15.9. The summed E-state index contributed by atoms with van der Waals surface area (Å²) < 4.78 is 0. The Balaban J connectivity index is 1.98. The van der Waals surface area contributed by atoms with E-state index in [1.54, 1.807) is 11.9 Å². The van der Waals surface area contributed by atoms with Crippen LogP contribution in [0, 0.1) is 0 Å². The van der Waals surface area contributed by atoms with E-state index in [4.69, 9.17) is 5.73 Å². The second-order valence-electron chi connectivity index (χ2n) is 7.80. The molecule has 0 aliphatic heterocycles. The van der Waals surface area contributed by atoms with E-state index < -0.39 is 5.91 Å². The van der Waals surface area contributed by atoms with Gasteiger partial charge in [0.1, 0.15) is 5.00 Å². The summed E-state index contributed by atoms with van der Waals surface area (Å²) in [6.45, 7) is 5.89. The first-order valence-corrected chi connectivity index (χ1v) is 9.62. The SMILES string of the molecule is CN(CC(=O)Nc1sc2c(c1C(N)=O)CCCC2)CC(=O)NC(C)(C)C. The summed E-state index contributed by atoms with van der Waals surface area (Å²) in [7, 11) is 1.70. The molecular formula is C18H28N4O3S. The molecule has 8 heteroatoms. The van der Waals surface area contributed by atoms with Crippen molar-refractivity contribution in [3.63, 3.8) is 0 Å². The highest BCUT2D eigenvalue weighted by Crippen LogP contribution is 2.37. The summed E-state index contributed by atoms with van der Waals surface area (Å²) in [5, 5.41) is 6.19. The molecule has 0 unspecified atom stereocenters. The third kappa shape index (κ3) is 5.54. The van der Waals surface area contributed by atoms with E-state index in [0.29, 0.717) is 10.6 Å². The van der Waals surface area contributed by atoms with Crippen LogP contribution in [0.4, 0.5) is 5.00 Å². The lowest BCUT2D eigenvalue weighted by Gasteiger charge is -2.23. The van der Waals surface area contributed by atoms with Gasteiger partial charge in [0.05, 0.1) is 18.7 Å². The van der Waals surface area contributed by atoms with Gasteiger partial charge in [-0.1, -0.05) is 0 Å². The van der Waals surface area contributed by atoms with Crippen LogP contribution in [0.5, 0.6) is 0 Å². The summed E-state index contributed by atoms with van der Waals surface area (Å²) >= 11 is 1.44. The van der Waals surface area contributed by atoms with Crippen molar-refractivity contribution in [2.24, 2.45) is 5.73 Å². The summed E-state index contributed by atoms with van der Waals surface area (Å²) in [5.74, 6) is -0.910. The molecule has 0 fully saturated rings. The van der Waals surface area contributed by atoms with Crippen molar-refractivity contribution in [1.82, 2.24) is 10.2 Å². The first-order chi connectivity index (χ1) is 12.1. The van der Waals surface area contributed by atoms with Crippen LogP contribution in [0.1, 0.15) is 54.4 Å². The van der Waals surface area contributed by atoms with Crippen molar-refractivity contribution in [2.75, 3.05) is 25.5 Å². The third-order valence-electron chi connectivity index (χ3n) is 4.01. The lowest BCUT2D eigenvalue weighted by Crippen LogP contribution is -2.46. The van der Waals surface area contributed by atoms with Crippen LogP contribution in [0.2, 0.25) is 0 Å². The molecule has 0 aromatic carbocycles. The van der Waals surface area contributed by atoms with Gasteiger partial charge in [-0.25, -0.2) is 0 Å². The number of fused-ring (bicyclic) bond motifs is 1. The van der Waals surface area contributed by atoms with Gasteiger partial charge in [-0.05, 0) is 59.1 Å². The smallest absolute Gasteiger partial charge is 0.251 e. The molecule has 2 rings (SSSR count). The molecule has 0 saturated carbocycles. The number of hydrogen-bond donors (Lipinski definition) is 3. The highest BCUT2D eigenvalue weighted by atomic mass is 32.1. The van der Waals surface area contributed by atoms with E-state index in [9.17, 15) is 14.4 Å². The van der Waals surface area contributed by atoms with E-state index in [0.717, 1.165) is 36.1 Å². The number of amides is 3. The maximum Gasteiger partial charge on any atom is 0.251 e. The lowest BCUT2D eigenvalue weighted by molar-refractivity contribution is -0.124. The molecule has 0 atom stereocenters. The van der Waals surface area contributed by atoms with Crippen LogP contribution < -0.4 is 16.4 Å². The number of thiophene rings is 1. The number of nitrogens with two attached hydrogens (primary N) is 1. The Morgan fingerprint density at radius 2 is 1.73 bits per heavy atom. The van der Waals surface area contributed by atoms with Gasteiger partial charge >= 0.3 is 0 Å². The van der Waals surface area contributed by atoms with Gasteiger partial charge < -0.3 is 16.4 Å². The predicted molar refractivity (Wildman–Crippen MR) is 104 cm³/mol. The van der Waals surface area contributed by atoms with Gasteiger partial charge in [-0.3, -0.25) is 19.3 Å². The van der Waals surface area contributed by atoms with Gasteiger partial charge in [-0.2, -0.15) is 0 Å². The Bertz CT molecular complexity index is 706. The van der Waals surface area contributed by atoms with Crippen LogP contribution in [0.3, 0.4) is 0 Å². The minimum Gasteiger partial charge on any atom is -0.365 e. The maximum atomic E-state index is 12.3. The van der Waals surface area contributed by atoms with E-state index >= 15 is 0 Å². The molecule has 1 aromatic heterocycles. The van der Waals surface area contributed by atoms with Crippen molar-refractivity contribution >= 4 is 34.1 Å². The van der Waals surface area contributed by atoms with Crippen molar-refractivity contribution < 1.29 is 14.4 Å². The zero-order valence-corrected chi connectivity index (χ0v) is 16.7. The van der Waals surface area contributed by atoms with Crippen LogP contribution in [-0.2, 0) is 22.4 Å². The van der Waals surface area contributed by atoms with Crippen LogP contribution in [-0.4, -0.2) is 48.3 Å². The summed E-state index contributed by atoms with van der Waals surface area (Å²) in [6, 6.07) is 0. The Labute approximate surface area is 158 Å². The Kier molecular flexibility index (Phi) is 6.41. The fraction of sp³-hybridized carbons (Fsp3) is 0.611. The second kappa shape index (κ2) is 8.18. The maximum absolute atomic E-state index is 12.3. The quantitative estimate of drug-likeness (QED) is 0.696. The molecule has 0 bridgehead atoms. The molecular weight excluding hydrogens is 352 g/mol. The second-order valence-corrected chi connectivity index (χ2v) is 8.90. The minimum atomic E-state index is -0.502. The average molecular weight is 381 g/mol. The van der Waals surface area contributed by atoms with Gasteiger partial charge in [0.25, 0.3) is 5.91 Å². The Hall–Kier alpha value is -1.93. The van der Waals surface area contributed by atoms with Gasteiger partial charge in [0.15, 0.2) is 0 Å². The van der Waals surface area contributed by atoms with Gasteiger partial charge in [0.2, 0.25) is 11.8 Å². The summed E-state index contributed by atoms with van der Waals surface area (Å²) in [4.78, 5) is 38.9. The minimum absolute atomic E-state index is 0.0539. The van der Waals surface area contributed by atoms with Crippen LogP contribution in [0.15, 0.2) is 0 Å². The largest absolute Gasteiger partial charge is 0.365 e. The van der Waals surface area contributed by atoms with E-state index in [1.165, 1.54) is 11.3 Å². The number of anilines is 1. The summed E-state index contributed by atoms with van der Waals surface area (Å²) in [5.41, 5.74) is 6.66. The predicted octanol–water partition coefficient (Wildman–Crippen LogP) is 1.51. The molecule has 1 aliphatic rings. The zero-order chi connectivity index (χ0) is 19.5. The lowest BCUT2D eigenvalue weighted by atomic mass is 9.95. The molecule has 0 spiro atoms. The van der Waals surface area contributed by atoms with Crippen molar-refractivity contribution in [3.05, 3.63) is 16.0 Å². The Morgan fingerprint density at radius 1 is 1.12 bits per heavy atom. The fourth-order valence-electron chi connectivity index (χ4n) is 3.08. The number of carbonyl (C=O) groups is 3. The molecule has 1 aliphatic carbocycles. The number of nitrogens with one attached hydrogen (secondary N) is 2. The number of rotatable bonds is 6.